The average Bonchev–Trinajstić information content (AvgIpc) is 3.36. The number of ether oxygens (including phenoxy) is 1. The first-order valence-electron chi connectivity index (χ1n) is 8.96. The fourth-order valence-electron chi connectivity index (χ4n) is 2.50. The van der Waals surface area contributed by atoms with Gasteiger partial charge < -0.3 is 15.4 Å². The summed E-state index contributed by atoms with van der Waals surface area (Å²) >= 11 is 0. The molecule has 0 amide bonds. The lowest BCUT2D eigenvalue weighted by Crippen LogP contribution is -2.37. The highest BCUT2D eigenvalue weighted by atomic mass is 16.5. The monoisotopic (exact) mass is 341 g/mol. The second kappa shape index (κ2) is 9.22. The van der Waals surface area contributed by atoms with Crippen LogP contribution in [0.3, 0.4) is 0 Å². The van der Waals surface area contributed by atoms with E-state index >= 15 is 0 Å². The molecule has 0 aliphatic heterocycles. The Bertz CT molecular complexity index is 663. The van der Waals surface area contributed by atoms with Crippen LogP contribution < -0.4 is 10.6 Å². The van der Waals surface area contributed by atoms with Gasteiger partial charge in [0.05, 0.1) is 11.9 Å². The average molecular weight is 341 g/mol. The summed E-state index contributed by atoms with van der Waals surface area (Å²) in [5.74, 6) is 1.63. The third-order valence-electron chi connectivity index (χ3n) is 4.15. The molecular formula is C19H27N5O. The van der Waals surface area contributed by atoms with Crippen molar-refractivity contribution >= 4 is 5.96 Å². The van der Waals surface area contributed by atoms with Gasteiger partial charge in [0.1, 0.15) is 0 Å². The summed E-state index contributed by atoms with van der Waals surface area (Å²) in [6, 6.07) is 10.1. The Kier molecular flexibility index (Phi) is 6.45. The Balaban J connectivity index is 1.35. The minimum atomic E-state index is 0.685. The molecular weight excluding hydrogens is 314 g/mol. The first kappa shape index (κ1) is 17.5. The number of hydrogen-bond acceptors (Lipinski definition) is 3. The van der Waals surface area contributed by atoms with Crippen LogP contribution in [0.1, 0.15) is 24.8 Å². The third-order valence-corrected chi connectivity index (χ3v) is 4.15. The Morgan fingerprint density at radius 2 is 2.12 bits per heavy atom. The van der Waals surface area contributed by atoms with Crippen molar-refractivity contribution in [1.29, 1.82) is 0 Å². The maximum atomic E-state index is 5.64. The van der Waals surface area contributed by atoms with Crippen LogP contribution in [0.4, 0.5) is 0 Å². The van der Waals surface area contributed by atoms with Gasteiger partial charge >= 0.3 is 0 Å². The summed E-state index contributed by atoms with van der Waals surface area (Å²) in [5.41, 5.74) is 2.17. The lowest BCUT2D eigenvalue weighted by Gasteiger charge is -2.11. The molecule has 1 aliphatic carbocycles. The molecule has 6 heteroatoms. The maximum absolute atomic E-state index is 5.64. The lowest BCUT2D eigenvalue weighted by molar-refractivity contribution is 0.123. The smallest absolute Gasteiger partial charge is 0.191 e. The number of nitrogens with one attached hydrogen (secondary N) is 2. The molecule has 1 heterocycles. The highest BCUT2D eigenvalue weighted by Crippen LogP contribution is 2.28. The molecule has 0 unspecified atom stereocenters. The van der Waals surface area contributed by atoms with Crippen LogP contribution in [0.15, 0.2) is 47.7 Å². The van der Waals surface area contributed by atoms with Gasteiger partial charge in [0.2, 0.25) is 0 Å². The predicted octanol–water partition coefficient (Wildman–Crippen LogP) is 2.35. The Morgan fingerprint density at radius 3 is 2.88 bits per heavy atom. The normalized spacial score (nSPS) is 14.5. The first-order valence-corrected chi connectivity index (χ1v) is 8.96. The van der Waals surface area contributed by atoms with E-state index in [1.807, 2.05) is 47.4 Å². The van der Waals surface area contributed by atoms with E-state index in [0.717, 1.165) is 49.3 Å². The molecule has 25 heavy (non-hydrogen) atoms. The molecule has 0 radical (unpaired) electrons. The Morgan fingerprint density at radius 1 is 1.28 bits per heavy atom. The SMILES string of the molecule is CN=C(NCCCOCC1CC1)NCc1cnn(-c2ccccc2)c1. The van der Waals surface area contributed by atoms with E-state index in [0.29, 0.717) is 6.54 Å². The number of aromatic nitrogens is 2. The van der Waals surface area contributed by atoms with Crippen LogP contribution in [0.2, 0.25) is 0 Å². The molecule has 1 aromatic carbocycles. The zero-order valence-corrected chi connectivity index (χ0v) is 14.8. The van der Waals surface area contributed by atoms with Crippen LogP contribution >= 0.6 is 0 Å². The number of rotatable bonds is 9. The van der Waals surface area contributed by atoms with Crippen molar-refractivity contribution in [2.24, 2.45) is 10.9 Å². The fraction of sp³-hybridized carbons (Fsp3) is 0.474. The second-order valence-electron chi connectivity index (χ2n) is 6.35. The number of nitrogens with zero attached hydrogens (tertiary/aromatic N) is 3. The molecule has 0 saturated heterocycles. The summed E-state index contributed by atoms with van der Waals surface area (Å²) in [4.78, 5) is 4.25. The maximum Gasteiger partial charge on any atom is 0.191 e. The van der Waals surface area contributed by atoms with Crippen LogP contribution in [-0.4, -0.2) is 42.5 Å². The summed E-state index contributed by atoms with van der Waals surface area (Å²) in [7, 11) is 1.78. The molecule has 1 fully saturated rings. The van der Waals surface area contributed by atoms with E-state index in [9.17, 15) is 0 Å². The van der Waals surface area contributed by atoms with E-state index in [2.05, 4.69) is 20.7 Å². The topological polar surface area (TPSA) is 63.5 Å². The highest BCUT2D eigenvalue weighted by Gasteiger charge is 2.20. The summed E-state index contributed by atoms with van der Waals surface area (Å²) in [6.07, 6.45) is 7.57. The molecule has 2 N–H and O–H groups in total. The summed E-state index contributed by atoms with van der Waals surface area (Å²) in [5, 5.41) is 11.0. The van der Waals surface area contributed by atoms with Crippen molar-refractivity contribution in [2.45, 2.75) is 25.8 Å². The van der Waals surface area contributed by atoms with E-state index in [-0.39, 0.29) is 0 Å². The summed E-state index contributed by atoms with van der Waals surface area (Å²) in [6.45, 7) is 3.28. The van der Waals surface area contributed by atoms with Gasteiger partial charge in [-0.05, 0) is 37.3 Å². The molecule has 0 atom stereocenters. The molecule has 2 aromatic rings. The van der Waals surface area contributed by atoms with Crippen molar-refractivity contribution in [3.8, 4) is 5.69 Å². The van der Waals surface area contributed by atoms with Gasteiger partial charge in [-0.25, -0.2) is 4.68 Å². The largest absolute Gasteiger partial charge is 0.381 e. The van der Waals surface area contributed by atoms with Gasteiger partial charge in [0.15, 0.2) is 5.96 Å². The van der Waals surface area contributed by atoms with Crippen molar-refractivity contribution in [3.63, 3.8) is 0 Å². The number of guanidine groups is 1. The second-order valence-corrected chi connectivity index (χ2v) is 6.35. The van der Waals surface area contributed by atoms with Crippen molar-refractivity contribution in [1.82, 2.24) is 20.4 Å². The molecule has 3 rings (SSSR count). The number of aliphatic imine (C=N–C) groups is 1. The Labute approximate surface area is 149 Å². The number of hydrogen-bond donors (Lipinski definition) is 2. The molecule has 0 spiro atoms. The minimum absolute atomic E-state index is 0.685. The number of benzene rings is 1. The van der Waals surface area contributed by atoms with Gasteiger partial charge in [-0.2, -0.15) is 5.10 Å². The van der Waals surface area contributed by atoms with Gasteiger partial charge in [0.25, 0.3) is 0 Å². The predicted molar refractivity (Wildman–Crippen MR) is 99.9 cm³/mol. The molecule has 0 bridgehead atoms. The lowest BCUT2D eigenvalue weighted by atomic mass is 10.3. The molecule has 1 aliphatic rings. The quantitative estimate of drug-likeness (QED) is 0.417. The van der Waals surface area contributed by atoms with Crippen LogP contribution in [0.5, 0.6) is 0 Å². The van der Waals surface area contributed by atoms with Crippen molar-refractivity contribution in [3.05, 3.63) is 48.3 Å². The zero-order chi connectivity index (χ0) is 17.3. The van der Waals surface area contributed by atoms with Gasteiger partial charge in [-0.3, -0.25) is 4.99 Å². The van der Waals surface area contributed by atoms with E-state index < -0.39 is 0 Å². The fourth-order valence-corrected chi connectivity index (χ4v) is 2.50. The van der Waals surface area contributed by atoms with Crippen LogP contribution in [0, 0.1) is 5.92 Å². The van der Waals surface area contributed by atoms with Gasteiger partial charge in [-0.15, -0.1) is 0 Å². The first-order chi connectivity index (χ1) is 12.3. The molecule has 6 nitrogen and oxygen atoms in total. The van der Waals surface area contributed by atoms with Crippen molar-refractivity contribution < 1.29 is 4.74 Å². The van der Waals surface area contributed by atoms with Crippen molar-refractivity contribution in [2.75, 3.05) is 26.8 Å². The van der Waals surface area contributed by atoms with E-state index in [4.69, 9.17) is 4.74 Å². The van der Waals surface area contributed by atoms with Gasteiger partial charge in [0, 0.05) is 45.1 Å². The standard InChI is InChI=1S/C19H27N5O/c1-20-19(21-10-5-11-25-15-16-8-9-16)22-12-17-13-23-24(14-17)18-6-3-2-4-7-18/h2-4,6-7,13-14,16H,5,8-12,15H2,1H3,(H2,20,21,22). The molecule has 1 aromatic heterocycles. The zero-order valence-electron chi connectivity index (χ0n) is 14.8. The minimum Gasteiger partial charge on any atom is -0.381 e. The van der Waals surface area contributed by atoms with Crippen LogP contribution in [0.25, 0.3) is 5.69 Å². The molecule has 1 saturated carbocycles. The summed E-state index contributed by atoms with van der Waals surface area (Å²) < 4.78 is 7.52. The highest BCUT2D eigenvalue weighted by molar-refractivity contribution is 5.79. The molecule has 134 valence electrons. The number of para-hydroxylation sites is 1. The Hall–Kier alpha value is -2.34. The van der Waals surface area contributed by atoms with E-state index in [1.54, 1.807) is 7.05 Å². The third kappa shape index (κ3) is 5.90. The van der Waals surface area contributed by atoms with Crippen LogP contribution in [-0.2, 0) is 11.3 Å². The van der Waals surface area contributed by atoms with E-state index in [1.165, 1.54) is 12.8 Å². The van der Waals surface area contributed by atoms with Gasteiger partial charge in [-0.1, -0.05) is 18.2 Å².